The number of aliphatic hydroxyl groups is 3. The Bertz CT molecular complexity index is 866. The van der Waals surface area contributed by atoms with Crippen LogP contribution in [0.25, 0.3) is 0 Å². The molecule has 0 heterocycles. The van der Waals surface area contributed by atoms with E-state index in [4.69, 9.17) is 5.73 Å². The van der Waals surface area contributed by atoms with Gasteiger partial charge < -0.3 is 25.8 Å². The third-order valence-electron chi connectivity index (χ3n) is 6.92. The fraction of sp³-hybridized carbons (Fsp3) is 0.864. The number of carbonyl (C=O) groups is 1. The van der Waals surface area contributed by atoms with Gasteiger partial charge in [0.05, 0.1) is 18.8 Å². The van der Waals surface area contributed by atoms with Crippen molar-refractivity contribution in [1.82, 2.24) is 0 Å². The van der Waals surface area contributed by atoms with Crippen LogP contribution in [-0.4, -0.2) is 75.3 Å². The molecule has 0 spiro atoms. The van der Waals surface area contributed by atoms with E-state index in [1.807, 2.05) is 0 Å². The lowest BCUT2D eigenvalue weighted by atomic mass is 9.71. The molecule has 6 nitrogen and oxygen atoms in total. The number of rotatable bonds is 10. The van der Waals surface area contributed by atoms with E-state index in [1.165, 1.54) is 0 Å². The van der Waals surface area contributed by atoms with Crippen LogP contribution in [0, 0.1) is 11.8 Å². The molecule has 0 aromatic carbocycles. The summed E-state index contributed by atoms with van der Waals surface area (Å²) in [6, 6.07) is 0. The molecule has 0 aliphatic heterocycles. The number of alkyl halides is 12. The van der Waals surface area contributed by atoms with Gasteiger partial charge in [-0.2, -0.15) is 52.7 Å². The van der Waals surface area contributed by atoms with Crippen molar-refractivity contribution < 1.29 is 77.5 Å². The van der Waals surface area contributed by atoms with Gasteiger partial charge in [0.25, 0.3) is 0 Å². The van der Waals surface area contributed by atoms with Crippen molar-refractivity contribution in [3.05, 3.63) is 12.8 Å². The van der Waals surface area contributed by atoms with Crippen molar-refractivity contribution in [1.29, 1.82) is 0 Å². The van der Waals surface area contributed by atoms with Crippen molar-refractivity contribution in [3.8, 4) is 0 Å². The monoisotopic (exact) mass is 615 g/mol. The molecule has 6 unspecified atom stereocenters. The van der Waals surface area contributed by atoms with E-state index >= 15 is 0 Å². The summed E-state index contributed by atoms with van der Waals surface area (Å²) in [5.74, 6) is -27.7. The number of halogens is 12. The zero-order valence-electron chi connectivity index (χ0n) is 20.6. The number of carbonyl (C=O) groups excluding carboxylic acids is 1. The number of aliphatic hydroxyl groups excluding tert-OH is 3. The van der Waals surface area contributed by atoms with Crippen molar-refractivity contribution in [3.63, 3.8) is 0 Å². The molecular weight excluding hydrogens is 586 g/mol. The summed E-state index contributed by atoms with van der Waals surface area (Å²) >= 11 is 0. The van der Waals surface area contributed by atoms with Crippen LogP contribution in [0.2, 0.25) is 0 Å². The van der Waals surface area contributed by atoms with Crippen LogP contribution < -0.4 is 5.73 Å². The van der Waals surface area contributed by atoms with E-state index in [-0.39, 0.29) is 25.7 Å². The summed E-state index contributed by atoms with van der Waals surface area (Å²) in [5.41, 5.74) is 1.88. The summed E-state index contributed by atoms with van der Waals surface area (Å²) < 4.78 is 166. The van der Waals surface area contributed by atoms with Crippen molar-refractivity contribution in [2.75, 3.05) is 0 Å². The number of ether oxygens (including phenoxy) is 1. The molecule has 6 atom stereocenters. The SMILES string of the molecule is C=COC(=O)C(N)(CC(F)(F)F)C(O)C(O)C1CCCCCCCC1C(O)C(F)(F)C(F)(F)C(F)(F)C(F)(F)F. The second-order valence-corrected chi connectivity index (χ2v) is 9.73. The molecule has 0 radical (unpaired) electrons. The molecule has 40 heavy (non-hydrogen) atoms. The summed E-state index contributed by atoms with van der Waals surface area (Å²) in [4.78, 5) is 12.2. The zero-order chi connectivity index (χ0) is 31.5. The van der Waals surface area contributed by atoms with Crippen LogP contribution >= 0.6 is 0 Å². The molecule has 1 aliphatic rings. The molecule has 1 rings (SSSR count). The van der Waals surface area contributed by atoms with E-state index in [1.54, 1.807) is 0 Å². The third-order valence-corrected chi connectivity index (χ3v) is 6.92. The second-order valence-electron chi connectivity index (χ2n) is 9.73. The topological polar surface area (TPSA) is 113 Å². The van der Waals surface area contributed by atoms with Gasteiger partial charge in [0.2, 0.25) is 0 Å². The molecule has 0 aromatic heterocycles. The molecule has 0 saturated heterocycles. The maximum absolute atomic E-state index is 14.7. The summed E-state index contributed by atoms with van der Waals surface area (Å²) in [7, 11) is 0. The van der Waals surface area contributed by atoms with Crippen LogP contribution in [0.3, 0.4) is 0 Å². The minimum absolute atomic E-state index is 0.105. The lowest BCUT2D eigenvalue weighted by molar-refractivity contribution is -0.409. The Kier molecular flexibility index (Phi) is 11.4. The van der Waals surface area contributed by atoms with Gasteiger partial charge in [0, 0.05) is 0 Å². The number of nitrogens with two attached hydrogens (primary N) is 1. The van der Waals surface area contributed by atoms with Gasteiger partial charge in [-0.1, -0.05) is 38.7 Å². The first-order valence-corrected chi connectivity index (χ1v) is 11.8. The van der Waals surface area contributed by atoms with E-state index in [0.29, 0.717) is 12.7 Å². The lowest BCUT2D eigenvalue weighted by Gasteiger charge is -2.43. The largest absolute Gasteiger partial charge is 0.460 e. The summed E-state index contributed by atoms with van der Waals surface area (Å²) in [5, 5.41) is 31.6. The average Bonchev–Trinajstić information content (AvgIpc) is 2.92. The Morgan fingerprint density at radius 1 is 0.825 bits per heavy atom. The number of hydrogen-bond donors (Lipinski definition) is 4. The first-order chi connectivity index (χ1) is 17.9. The Morgan fingerprint density at radius 2 is 1.27 bits per heavy atom. The van der Waals surface area contributed by atoms with E-state index in [2.05, 4.69) is 11.3 Å². The first kappa shape index (κ1) is 36.2. The zero-order valence-corrected chi connectivity index (χ0v) is 20.6. The van der Waals surface area contributed by atoms with Crippen LogP contribution in [0.15, 0.2) is 12.8 Å². The highest BCUT2D eigenvalue weighted by atomic mass is 19.4. The minimum atomic E-state index is -7.34. The van der Waals surface area contributed by atoms with Gasteiger partial charge in [-0.25, -0.2) is 4.79 Å². The van der Waals surface area contributed by atoms with Crippen LogP contribution in [-0.2, 0) is 9.53 Å². The second kappa shape index (κ2) is 12.6. The summed E-state index contributed by atoms with van der Waals surface area (Å²) in [6.07, 6.45) is -25.5. The average molecular weight is 615 g/mol. The molecule has 1 saturated carbocycles. The van der Waals surface area contributed by atoms with E-state index < -0.39 is 91.0 Å². The summed E-state index contributed by atoms with van der Waals surface area (Å²) in [6.45, 7) is 2.91. The fourth-order valence-electron chi connectivity index (χ4n) is 4.73. The van der Waals surface area contributed by atoms with Crippen molar-refractivity contribution in [2.45, 2.75) is 105 Å². The molecule has 236 valence electrons. The predicted octanol–water partition coefficient (Wildman–Crippen LogP) is 4.85. The van der Waals surface area contributed by atoms with Crippen molar-refractivity contribution in [2.24, 2.45) is 17.6 Å². The maximum Gasteiger partial charge on any atom is 0.460 e. The standard InChI is InChI=1S/C22H29F12NO5/c1-2-40-16(39)17(35,10-18(23,24)25)15(38)13(36)11-8-6-4-3-5-7-9-12(11)14(37)19(26,27)20(28,29)21(30,31)22(32,33)34/h2,11-15,36-38H,1,3-10,35H2. The maximum atomic E-state index is 14.7. The minimum Gasteiger partial charge on any atom is -0.434 e. The highest BCUT2D eigenvalue weighted by Crippen LogP contribution is 2.56. The number of esters is 1. The Labute approximate surface area is 220 Å². The van der Waals surface area contributed by atoms with E-state index in [9.17, 15) is 72.8 Å². The van der Waals surface area contributed by atoms with Gasteiger partial charge in [-0.05, 0) is 24.7 Å². The fourth-order valence-corrected chi connectivity index (χ4v) is 4.73. The Hall–Kier alpha value is -1.79. The third kappa shape index (κ3) is 7.34. The highest BCUT2D eigenvalue weighted by Gasteiger charge is 2.83. The molecule has 5 N–H and O–H groups in total. The first-order valence-electron chi connectivity index (χ1n) is 11.8. The Balaban J connectivity index is 3.64. The molecule has 0 amide bonds. The predicted molar refractivity (Wildman–Crippen MR) is 112 cm³/mol. The molecular formula is C22H29F12NO5. The smallest absolute Gasteiger partial charge is 0.434 e. The molecule has 1 fully saturated rings. The lowest BCUT2D eigenvalue weighted by Crippen LogP contribution is -2.67. The van der Waals surface area contributed by atoms with Gasteiger partial charge in [-0.15, -0.1) is 0 Å². The highest BCUT2D eigenvalue weighted by molar-refractivity contribution is 5.82. The van der Waals surface area contributed by atoms with Crippen LogP contribution in [0.4, 0.5) is 52.7 Å². The van der Waals surface area contributed by atoms with Gasteiger partial charge in [-0.3, -0.25) is 0 Å². The molecule has 1 aliphatic carbocycles. The molecule has 0 bridgehead atoms. The molecule has 0 aromatic rings. The Morgan fingerprint density at radius 3 is 1.70 bits per heavy atom. The van der Waals surface area contributed by atoms with Gasteiger partial charge >= 0.3 is 36.1 Å². The van der Waals surface area contributed by atoms with Crippen LogP contribution in [0.1, 0.15) is 51.4 Å². The van der Waals surface area contributed by atoms with Crippen LogP contribution in [0.5, 0.6) is 0 Å². The quantitative estimate of drug-likeness (QED) is 0.159. The number of hydrogen-bond acceptors (Lipinski definition) is 6. The van der Waals surface area contributed by atoms with Crippen molar-refractivity contribution >= 4 is 5.97 Å². The van der Waals surface area contributed by atoms with Gasteiger partial charge in [0.15, 0.2) is 5.54 Å². The molecule has 18 heteroatoms. The van der Waals surface area contributed by atoms with Gasteiger partial charge in [0.1, 0.15) is 12.2 Å². The van der Waals surface area contributed by atoms with E-state index in [0.717, 1.165) is 0 Å². The normalized spacial score (nSPS) is 24.5.